The first-order valence-corrected chi connectivity index (χ1v) is 8.98. The third kappa shape index (κ3) is 6.19. The molecule has 0 aliphatic heterocycles. The van der Waals surface area contributed by atoms with Crippen molar-refractivity contribution in [2.75, 3.05) is 12.5 Å². The van der Waals surface area contributed by atoms with E-state index in [1.54, 1.807) is 0 Å². The summed E-state index contributed by atoms with van der Waals surface area (Å²) in [4.78, 5) is 0. The fourth-order valence-electron chi connectivity index (χ4n) is 1.48. The second kappa shape index (κ2) is 5.89. The van der Waals surface area contributed by atoms with Crippen molar-refractivity contribution in [2.45, 2.75) is 38.9 Å². The summed E-state index contributed by atoms with van der Waals surface area (Å²) in [6.07, 6.45) is 5.79. The Labute approximate surface area is 93.2 Å². The molecular formula is C8H19BO4S2. The van der Waals surface area contributed by atoms with Crippen LogP contribution in [-0.2, 0) is 19.4 Å². The van der Waals surface area contributed by atoms with Crippen LogP contribution in [0.25, 0.3) is 0 Å². The first-order chi connectivity index (χ1) is 6.69. The minimum Gasteiger partial charge on any atom is -0.240 e. The SMILES string of the molecule is CCCCCCB(S(C)(=O)=O)S(C)(=O)=O. The highest BCUT2D eigenvalue weighted by molar-refractivity contribution is 8.46. The third-order valence-electron chi connectivity index (χ3n) is 2.25. The van der Waals surface area contributed by atoms with Crippen LogP contribution in [-0.4, -0.2) is 34.6 Å². The number of hydrogen-bond acceptors (Lipinski definition) is 4. The summed E-state index contributed by atoms with van der Waals surface area (Å²) >= 11 is 0. The molecule has 4 nitrogen and oxygen atoms in total. The largest absolute Gasteiger partial charge is 0.431 e. The Bertz CT molecular complexity index is 339. The lowest BCUT2D eigenvalue weighted by Gasteiger charge is -2.07. The molecule has 0 N–H and O–H groups in total. The van der Waals surface area contributed by atoms with Crippen molar-refractivity contribution in [3.8, 4) is 0 Å². The van der Waals surface area contributed by atoms with Crippen molar-refractivity contribution in [3.05, 3.63) is 0 Å². The molecule has 0 unspecified atom stereocenters. The normalized spacial score (nSPS) is 12.7. The highest BCUT2D eigenvalue weighted by atomic mass is 32.3. The van der Waals surface area contributed by atoms with Gasteiger partial charge in [-0.25, -0.2) is 16.8 Å². The molecule has 0 fully saturated rings. The van der Waals surface area contributed by atoms with Crippen molar-refractivity contribution in [1.82, 2.24) is 0 Å². The van der Waals surface area contributed by atoms with Crippen molar-refractivity contribution < 1.29 is 16.8 Å². The van der Waals surface area contributed by atoms with Gasteiger partial charge in [-0.15, -0.1) is 0 Å². The first-order valence-electron chi connectivity index (χ1n) is 5.07. The summed E-state index contributed by atoms with van der Waals surface area (Å²) in [6, 6.07) is 0. The molecular weight excluding hydrogens is 235 g/mol. The van der Waals surface area contributed by atoms with Gasteiger partial charge in [-0.1, -0.05) is 32.6 Å². The van der Waals surface area contributed by atoms with Crippen LogP contribution < -0.4 is 0 Å². The van der Waals surface area contributed by atoms with Gasteiger partial charge < -0.3 is 0 Å². The third-order valence-corrected chi connectivity index (χ3v) is 6.73. The molecule has 0 amide bonds. The Balaban J connectivity index is 4.44. The van der Waals surface area contributed by atoms with E-state index in [-0.39, 0.29) is 6.32 Å². The molecule has 0 heterocycles. The molecule has 0 aliphatic carbocycles. The Morgan fingerprint density at radius 2 is 1.33 bits per heavy atom. The summed E-state index contributed by atoms with van der Waals surface area (Å²) < 4.78 is 45.1. The Hall–Kier alpha value is -0.0351. The van der Waals surface area contributed by atoms with Crippen LogP contribution in [0.1, 0.15) is 32.6 Å². The Morgan fingerprint density at radius 1 is 0.867 bits per heavy atom. The van der Waals surface area contributed by atoms with Gasteiger partial charge in [-0.3, -0.25) is 0 Å². The highest BCUT2D eigenvalue weighted by Crippen LogP contribution is 2.13. The van der Waals surface area contributed by atoms with Crippen molar-refractivity contribution >= 4 is 24.6 Å². The molecule has 90 valence electrons. The van der Waals surface area contributed by atoms with E-state index in [0.29, 0.717) is 6.42 Å². The zero-order valence-corrected chi connectivity index (χ0v) is 11.2. The quantitative estimate of drug-likeness (QED) is 0.504. The van der Waals surface area contributed by atoms with Gasteiger partial charge in [0.05, 0.1) is 0 Å². The molecule has 0 saturated heterocycles. The van der Waals surface area contributed by atoms with Crippen LogP contribution >= 0.6 is 0 Å². The smallest absolute Gasteiger partial charge is 0.240 e. The molecule has 0 aromatic rings. The van der Waals surface area contributed by atoms with Gasteiger partial charge in [0.25, 0.3) is 0 Å². The van der Waals surface area contributed by atoms with E-state index in [9.17, 15) is 16.8 Å². The summed E-state index contributed by atoms with van der Waals surface area (Å²) in [7, 11) is -7.00. The minimum atomic E-state index is -3.50. The maximum Gasteiger partial charge on any atom is 0.431 e. The van der Waals surface area contributed by atoms with Gasteiger partial charge in [0.15, 0.2) is 0 Å². The maximum atomic E-state index is 11.3. The van der Waals surface area contributed by atoms with Gasteiger partial charge in [-0.05, 0) is 6.32 Å². The van der Waals surface area contributed by atoms with Crippen molar-refractivity contribution in [3.63, 3.8) is 0 Å². The van der Waals surface area contributed by atoms with E-state index in [0.717, 1.165) is 31.8 Å². The van der Waals surface area contributed by atoms with E-state index in [1.165, 1.54) is 0 Å². The molecule has 0 bridgehead atoms. The zero-order chi connectivity index (χ0) is 12.1. The van der Waals surface area contributed by atoms with Crippen LogP contribution in [0.4, 0.5) is 0 Å². The van der Waals surface area contributed by atoms with E-state index < -0.39 is 24.6 Å². The zero-order valence-electron chi connectivity index (χ0n) is 9.56. The molecule has 0 aromatic carbocycles. The maximum absolute atomic E-state index is 11.3. The topological polar surface area (TPSA) is 68.3 Å². The number of rotatable bonds is 7. The molecule has 0 saturated carbocycles. The Kier molecular flexibility index (Phi) is 5.88. The average Bonchev–Trinajstić information content (AvgIpc) is 1.99. The summed E-state index contributed by atoms with van der Waals surface area (Å²) in [5.41, 5.74) is 0. The number of unbranched alkanes of at least 4 members (excludes halogenated alkanes) is 3. The molecule has 15 heavy (non-hydrogen) atoms. The fourth-order valence-corrected chi connectivity index (χ4v) is 5.21. The molecule has 0 spiro atoms. The van der Waals surface area contributed by atoms with Gasteiger partial charge in [0, 0.05) is 12.5 Å². The number of hydrogen-bond donors (Lipinski definition) is 0. The summed E-state index contributed by atoms with van der Waals surface area (Å²) in [5.74, 6) is 0. The van der Waals surface area contributed by atoms with Crippen LogP contribution in [0.5, 0.6) is 0 Å². The standard InChI is InChI=1S/C8H19BO4S2/c1-4-5-6-7-8-9(14(2,10)11)15(3,12)13/h4-8H2,1-3H3. The van der Waals surface area contributed by atoms with Crippen LogP contribution in [0.2, 0.25) is 6.32 Å². The van der Waals surface area contributed by atoms with Crippen molar-refractivity contribution in [2.24, 2.45) is 0 Å². The molecule has 0 radical (unpaired) electrons. The molecule has 0 atom stereocenters. The molecule has 0 aliphatic rings. The van der Waals surface area contributed by atoms with E-state index in [1.807, 2.05) is 6.92 Å². The van der Waals surface area contributed by atoms with Crippen LogP contribution in [0.15, 0.2) is 0 Å². The lowest BCUT2D eigenvalue weighted by molar-refractivity contribution is 0.608. The minimum absolute atomic E-state index is 0.220. The average molecular weight is 254 g/mol. The predicted molar refractivity (Wildman–Crippen MR) is 64.4 cm³/mol. The molecule has 7 heteroatoms. The monoisotopic (exact) mass is 254 g/mol. The van der Waals surface area contributed by atoms with Gasteiger partial charge in [0.1, 0.15) is 19.4 Å². The molecule has 0 aromatic heterocycles. The first kappa shape index (κ1) is 15.0. The summed E-state index contributed by atoms with van der Waals surface area (Å²) in [5, 5.41) is -1.22. The highest BCUT2D eigenvalue weighted by Gasteiger charge is 2.37. The lowest BCUT2D eigenvalue weighted by atomic mass is 9.95. The molecule has 0 rings (SSSR count). The van der Waals surface area contributed by atoms with Gasteiger partial charge in [-0.2, -0.15) is 0 Å². The summed E-state index contributed by atoms with van der Waals surface area (Å²) in [6.45, 7) is 2.05. The van der Waals surface area contributed by atoms with E-state index >= 15 is 0 Å². The van der Waals surface area contributed by atoms with Crippen LogP contribution in [0, 0.1) is 0 Å². The second-order valence-electron chi connectivity index (χ2n) is 3.94. The van der Waals surface area contributed by atoms with E-state index in [2.05, 4.69) is 0 Å². The lowest BCUT2D eigenvalue weighted by Crippen LogP contribution is -2.33. The Morgan fingerprint density at radius 3 is 1.67 bits per heavy atom. The fraction of sp³-hybridized carbons (Fsp3) is 1.00. The van der Waals surface area contributed by atoms with Gasteiger partial charge in [0.2, 0.25) is 0 Å². The van der Waals surface area contributed by atoms with Crippen molar-refractivity contribution in [1.29, 1.82) is 0 Å². The van der Waals surface area contributed by atoms with Crippen LogP contribution in [0.3, 0.4) is 0 Å². The predicted octanol–water partition coefficient (Wildman–Crippen LogP) is 1.14. The second-order valence-corrected chi connectivity index (χ2v) is 8.69. The van der Waals surface area contributed by atoms with Gasteiger partial charge >= 0.3 is 5.27 Å². The van der Waals surface area contributed by atoms with E-state index in [4.69, 9.17) is 0 Å².